The first kappa shape index (κ1) is 7.80. The zero-order chi connectivity index (χ0) is 8.55. The monoisotopic (exact) mass is 165 g/mol. The molecule has 1 heterocycles. The van der Waals surface area contributed by atoms with Gasteiger partial charge in [0.25, 0.3) is 0 Å². The molecule has 0 saturated carbocycles. The Balaban J connectivity index is 2.24. The lowest BCUT2D eigenvalue weighted by molar-refractivity contribution is 0.456. The summed E-state index contributed by atoms with van der Waals surface area (Å²) in [5, 5.41) is 0. The van der Waals surface area contributed by atoms with Gasteiger partial charge in [-0.2, -0.15) is 0 Å². The van der Waals surface area contributed by atoms with E-state index in [1.807, 2.05) is 6.33 Å². The molecule has 0 spiro atoms. The minimum atomic E-state index is 0.660. The first-order valence-electron chi connectivity index (χ1n) is 4.50. The minimum absolute atomic E-state index is 0.660. The number of fused-ring (bicyclic) bond motifs is 1. The van der Waals surface area contributed by atoms with Crippen LogP contribution in [0.3, 0.4) is 0 Å². The Morgan fingerprint density at radius 2 is 2.58 bits per heavy atom. The van der Waals surface area contributed by atoms with Gasteiger partial charge in [0.1, 0.15) is 0 Å². The largest absolute Gasteiger partial charge is 0.337 e. The molecule has 3 heteroatoms. The van der Waals surface area contributed by atoms with Crippen molar-refractivity contribution in [1.29, 1.82) is 0 Å². The lowest BCUT2D eigenvalue weighted by atomic mass is 9.90. The molecule has 0 aliphatic heterocycles. The molecule has 2 rings (SSSR count). The van der Waals surface area contributed by atoms with E-state index >= 15 is 0 Å². The lowest BCUT2D eigenvalue weighted by Gasteiger charge is -2.20. The van der Waals surface area contributed by atoms with Crippen LogP contribution in [0.25, 0.3) is 0 Å². The molecule has 12 heavy (non-hydrogen) atoms. The Kier molecular flexibility index (Phi) is 1.89. The second-order valence-electron chi connectivity index (χ2n) is 3.59. The second kappa shape index (κ2) is 2.90. The van der Waals surface area contributed by atoms with E-state index in [9.17, 15) is 0 Å². The van der Waals surface area contributed by atoms with Gasteiger partial charge in [0.15, 0.2) is 0 Å². The number of imidazole rings is 1. The molecular weight excluding hydrogens is 150 g/mol. The van der Waals surface area contributed by atoms with Gasteiger partial charge in [-0.25, -0.2) is 4.98 Å². The molecule has 0 bridgehead atoms. The van der Waals surface area contributed by atoms with Gasteiger partial charge in [-0.15, -0.1) is 0 Å². The fourth-order valence-electron chi connectivity index (χ4n) is 1.91. The molecule has 0 saturated heterocycles. The lowest BCUT2D eigenvalue weighted by Crippen LogP contribution is -2.22. The van der Waals surface area contributed by atoms with Crippen molar-refractivity contribution in [3.05, 3.63) is 17.7 Å². The fourth-order valence-corrected chi connectivity index (χ4v) is 1.91. The van der Waals surface area contributed by atoms with Crippen molar-refractivity contribution in [3.8, 4) is 0 Å². The molecule has 2 N–H and O–H groups in total. The normalized spacial score (nSPS) is 22.3. The summed E-state index contributed by atoms with van der Waals surface area (Å²) >= 11 is 0. The van der Waals surface area contributed by atoms with Crippen molar-refractivity contribution < 1.29 is 0 Å². The Morgan fingerprint density at radius 1 is 1.75 bits per heavy atom. The van der Waals surface area contributed by atoms with Gasteiger partial charge in [-0.1, -0.05) is 0 Å². The first-order chi connectivity index (χ1) is 5.81. The predicted octanol–water partition coefficient (Wildman–Crippen LogP) is 0.484. The van der Waals surface area contributed by atoms with E-state index in [-0.39, 0.29) is 0 Å². The number of aromatic nitrogens is 2. The molecule has 1 atom stereocenters. The maximum atomic E-state index is 5.63. The van der Waals surface area contributed by atoms with Crippen molar-refractivity contribution in [2.45, 2.75) is 19.3 Å². The molecule has 0 fully saturated rings. The third-order valence-electron chi connectivity index (χ3n) is 2.75. The molecule has 0 amide bonds. The highest BCUT2D eigenvalue weighted by Crippen LogP contribution is 2.22. The van der Waals surface area contributed by atoms with Crippen LogP contribution in [0.1, 0.15) is 17.8 Å². The van der Waals surface area contributed by atoms with E-state index in [2.05, 4.69) is 16.6 Å². The Bertz CT molecular complexity index is 277. The highest BCUT2D eigenvalue weighted by Gasteiger charge is 2.20. The number of aryl methyl sites for hydroxylation is 1. The van der Waals surface area contributed by atoms with Crippen LogP contribution < -0.4 is 5.73 Å². The second-order valence-corrected chi connectivity index (χ2v) is 3.59. The van der Waals surface area contributed by atoms with Gasteiger partial charge in [0, 0.05) is 12.7 Å². The smallest absolute Gasteiger partial charge is 0.0949 e. The van der Waals surface area contributed by atoms with E-state index in [0.717, 1.165) is 19.4 Å². The molecule has 3 nitrogen and oxygen atoms in total. The van der Waals surface area contributed by atoms with Gasteiger partial charge in [-0.05, 0) is 31.7 Å². The number of rotatable bonds is 1. The number of nitrogens with zero attached hydrogens (tertiary/aromatic N) is 2. The van der Waals surface area contributed by atoms with Gasteiger partial charge in [0.2, 0.25) is 0 Å². The molecule has 0 radical (unpaired) electrons. The van der Waals surface area contributed by atoms with E-state index in [0.29, 0.717) is 5.92 Å². The molecule has 1 aliphatic carbocycles. The van der Waals surface area contributed by atoms with Crippen LogP contribution in [0.2, 0.25) is 0 Å². The Morgan fingerprint density at radius 3 is 3.33 bits per heavy atom. The molecule has 0 aromatic carbocycles. The summed E-state index contributed by atoms with van der Waals surface area (Å²) in [6.45, 7) is 0.802. The number of hydrogen-bond donors (Lipinski definition) is 1. The van der Waals surface area contributed by atoms with Gasteiger partial charge < -0.3 is 10.3 Å². The van der Waals surface area contributed by atoms with Gasteiger partial charge in [0.05, 0.1) is 12.0 Å². The summed E-state index contributed by atoms with van der Waals surface area (Å²) in [4.78, 5) is 4.36. The molecule has 1 aromatic heterocycles. The van der Waals surface area contributed by atoms with Gasteiger partial charge in [-0.3, -0.25) is 0 Å². The standard InChI is InChI=1S/C9H15N3/c1-12-6-11-8-4-7(5-10)2-3-9(8)12/h6-7H,2-5,10H2,1H3. The van der Waals surface area contributed by atoms with Crippen molar-refractivity contribution in [2.75, 3.05) is 6.54 Å². The predicted molar refractivity (Wildman–Crippen MR) is 47.8 cm³/mol. The van der Waals surface area contributed by atoms with E-state index < -0.39 is 0 Å². The summed E-state index contributed by atoms with van der Waals surface area (Å²) in [6, 6.07) is 0. The van der Waals surface area contributed by atoms with Crippen molar-refractivity contribution in [3.63, 3.8) is 0 Å². The topological polar surface area (TPSA) is 43.8 Å². The summed E-state index contributed by atoms with van der Waals surface area (Å²) in [7, 11) is 2.06. The number of hydrogen-bond acceptors (Lipinski definition) is 2. The van der Waals surface area contributed by atoms with Crippen LogP contribution in [0.15, 0.2) is 6.33 Å². The zero-order valence-corrected chi connectivity index (χ0v) is 7.45. The average molecular weight is 165 g/mol. The first-order valence-corrected chi connectivity index (χ1v) is 4.50. The third-order valence-corrected chi connectivity index (χ3v) is 2.75. The van der Waals surface area contributed by atoms with Gasteiger partial charge >= 0.3 is 0 Å². The summed E-state index contributed by atoms with van der Waals surface area (Å²) in [6.07, 6.45) is 5.35. The molecule has 1 unspecified atom stereocenters. The van der Waals surface area contributed by atoms with Crippen LogP contribution in [-0.4, -0.2) is 16.1 Å². The van der Waals surface area contributed by atoms with E-state index in [4.69, 9.17) is 5.73 Å². The fraction of sp³-hybridized carbons (Fsp3) is 0.667. The quantitative estimate of drug-likeness (QED) is 0.658. The molecular formula is C9H15N3. The summed E-state index contributed by atoms with van der Waals surface area (Å²) in [5.74, 6) is 0.660. The third kappa shape index (κ3) is 1.14. The molecule has 66 valence electrons. The maximum Gasteiger partial charge on any atom is 0.0949 e. The van der Waals surface area contributed by atoms with Crippen LogP contribution in [-0.2, 0) is 19.9 Å². The van der Waals surface area contributed by atoms with E-state index in [1.54, 1.807) is 0 Å². The highest BCUT2D eigenvalue weighted by atomic mass is 15.0. The average Bonchev–Trinajstić information content (AvgIpc) is 2.47. The summed E-state index contributed by atoms with van der Waals surface area (Å²) < 4.78 is 2.13. The zero-order valence-electron chi connectivity index (χ0n) is 7.45. The Labute approximate surface area is 72.6 Å². The summed E-state index contributed by atoms with van der Waals surface area (Å²) in [5.41, 5.74) is 8.30. The SMILES string of the molecule is Cn1cnc2c1CCC(CN)C2. The van der Waals surface area contributed by atoms with Crippen molar-refractivity contribution >= 4 is 0 Å². The minimum Gasteiger partial charge on any atom is -0.337 e. The van der Waals surface area contributed by atoms with E-state index in [1.165, 1.54) is 17.8 Å². The molecule has 1 aromatic rings. The van der Waals surface area contributed by atoms with Crippen molar-refractivity contribution in [2.24, 2.45) is 18.7 Å². The highest BCUT2D eigenvalue weighted by molar-refractivity contribution is 5.17. The maximum absolute atomic E-state index is 5.63. The van der Waals surface area contributed by atoms with Crippen LogP contribution in [0.4, 0.5) is 0 Å². The van der Waals surface area contributed by atoms with Crippen LogP contribution >= 0.6 is 0 Å². The van der Waals surface area contributed by atoms with Crippen LogP contribution in [0, 0.1) is 5.92 Å². The molecule has 1 aliphatic rings. The van der Waals surface area contributed by atoms with Crippen molar-refractivity contribution in [1.82, 2.24) is 9.55 Å². The van der Waals surface area contributed by atoms with Crippen LogP contribution in [0.5, 0.6) is 0 Å². The number of nitrogens with two attached hydrogens (primary N) is 1. The Hall–Kier alpha value is -0.830.